The largest absolute Gasteiger partial charge is 0.322 e. The van der Waals surface area contributed by atoms with Gasteiger partial charge in [-0.25, -0.2) is 4.98 Å². The van der Waals surface area contributed by atoms with E-state index in [9.17, 15) is 19.2 Å². The van der Waals surface area contributed by atoms with E-state index >= 15 is 0 Å². The van der Waals surface area contributed by atoms with Crippen LogP contribution in [0, 0.1) is 13.8 Å². The van der Waals surface area contributed by atoms with Gasteiger partial charge in [-0.3, -0.25) is 28.5 Å². The molecule has 1 aliphatic rings. The lowest BCUT2D eigenvalue weighted by atomic mass is 10.1. The van der Waals surface area contributed by atoms with E-state index in [4.69, 9.17) is 0 Å². The highest BCUT2D eigenvalue weighted by Crippen LogP contribution is 2.28. The first-order chi connectivity index (χ1) is 13.3. The number of anilines is 2. The number of fused-ring (bicyclic) bond motifs is 1. The van der Waals surface area contributed by atoms with Gasteiger partial charge in [0.1, 0.15) is 5.56 Å². The molecule has 3 amide bonds. The fourth-order valence-corrected chi connectivity index (χ4v) is 3.96. The second kappa shape index (κ2) is 6.68. The van der Waals surface area contributed by atoms with Crippen LogP contribution in [0.15, 0.2) is 35.4 Å². The van der Waals surface area contributed by atoms with Crippen LogP contribution < -0.4 is 15.8 Å². The lowest BCUT2D eigenvalue weighted by Crippen LogP contribution is -2.29. The number of hydrogen-bond donors (Lipinski definition) is 1. The first kappa shape index (κ1) is 18.1. The molecule has 1 aliphatic heterocycles. The summed E-state index contributed by atoms with van der Waals surface area (Å²) in [5, 5.41) is 2.67. The van der Waals surface area contributed by atoms with Gasteiger partial charge >= 0.3 is 0 Å². The van der Waals surface area contributed by atoms with E-state index in [1.165, 1.54) is 26.8 Å². The Bertz CT molecular complexity index is 1190. The molecule has 2 aromatic heterocycles. The molecule has 0 spiro atoms. The normalized spacial score (nSPS) is 14.1. The molecule has 28 heavy (non-hydrogen) atoms. The third-order valence-corrected chi connectivity index (χ3v) is 5.43. The Kier molecular flexibility index (Phi) is 4.31. The quantitative estimate of drug-likeness (QED) is 0.685. The molecule has 0 unspecified atom stereocenters. The van der Waals surface area contributed by atoms with Crippen LogP contribution in [0.5, 0.6) is 0 Å². The van der Waals surface area contributed by atoms with Gasteiger partial charge in [0.05, 0.1) is 5.69 Å². The van der Waals surface area contributed by atoms with Crippen LogP contribution in [0.1, 0.15) is 33.6 Å². The topological polar surface area (TPSA) is 101 Å². The number of carbonyl (C=O) groups excluding carboxylic acids is 3. The molecule has 0 aliphatic carbocycles. The van der Waals surface area contributed by atoms with Crippen LogP contribution in [-0.2, 0) is 9.59 Å². The van der Waals surface area contributed by atoms with E-state index in [0.29, 0.717) is 21.9 Å². The van der Waals surface area contributed by atoms with Crippen molar-refractivity contribution in [1.82, 2.24) is 9.38 Å². The molecule has 3 heterocycles. The molecular weight excluding hydrogens is 380 g/mol. The summed E-state index contributed by atoms with van der Waals surface area (Å²) in [6, 6.07) is 4.87. The molecule has 3 aromatic rings. The summed E-state index contributed by atoms with van der Waals surface area (Å²) in [6.07, 6.45) is 3.33. The van der Waals surface area contributed by atoms with E-state index in [0.717, 1.165) is 4.88 Å². The molecular formula is C19H16N4O4S. The number of aryl methyl sites for hydroxylation is 2. The van der Waals surface area contributed by atoms with Crippen molar-refractivity contribution >= 4 is 45.4 Å². The molecule has 1 saturated heterocycles. The predicted molar refractivity (Wildman–Crippen MR) is 105 cm³/mol. The van der Waals surface area contributed by atoms with Crippen molar-refractivity contribution in [3.8, 4) is 0 Å². The molecule has 9 heteroatoms. The van der Waals surface area contributed by atoms with Gasteiger partial charge in [-0.1, -0.05) is 0 Å². The fraction of sp³-hybridized carbons (Fsp3) is 0.211. The lowest BCUT2D eigenvalue weighted by Gasteiger charge is -2.17. The summed E-state index contributed by atoms with van der Waals surface area (Å²) in [6.45, 7) is 3.61. The maximum atomic E-state index is 12.6. The number of imide groups is 1. The van der Waals surface area contributed by atoms with Crippen molar-refractivity contribution in [2.24, 2.45) is 0 Å². The van der Waals surface area contributed by atoms with E-state index in [1.54, 1.807) is 31.3 Å². The molecule has 0 atom stereocenters. The SMILES string of the molecule is Cc1cn2c(=O)c(C(=O)Nc3ccc(N4C(=O)CCC4=O)c(C)c3)cnc2s1. The number of hydrogen-bond acceptors (Lipinski definition) is 6. The van der Waals surface area contributed by atoms with Crippen LogP contribution in [0.25, 0.3) is 4.96 Å². The van der Waals surface area contributed by atoms with Gasteiger partial charge in [0.2, 0.25) is 11.8 Å². The van der Waals surface area contributed by atoms with Crippen molar-refractivity contribution in [2.75, 3.05) is 10.2 Å². The Morgan fingerprint density at radius 2 is 1.86 bits per heavy atom. The summed E-state index contributed by atoms with van der Waals surface area (Å²) >= 11 is 1.37. The summed E-state index contributed by atoms with van der Waals surface area (Å²) in [7, 11) is 0. The first-order valence-electron chi connectivity index (χ1n) is 8.61. The fourth-order valence-electron chi connectivity index (χ4n) is 3.18. The number of nitrogens with one attached hydrogen (secondary N) is 1. The van der Waals surface area contributed by atoms with Crippen molar-refractivity contribution in [1.29, 1.82) is 0 Å². The molecule has 4 rings (SSSR count). The summed E-state index contributed by atoms with van der Waals surface area (Å²) < 4.78 is 1.36. The van der Waals surface area contributed by atoms with Crippen molar-refractivity contribution < 1.29 is 14.4 Å². The van der Waals surface area contributed by atoms with Gasteiger partial charge < -0.3 is 5.32 Å². The predicted octanol–water partition coefficient (Wildman–Crippen LogP) is 2.28. The maximum absolute atomic E-state index is 12.6. The van der Waals surface area contributed by atoms with Gasteiger partial charge in [0.15, 0.2) is 4.96 Å². The second-order valence-electron chi connectivity index (χ2n) is 6.55. The van der Waals surface area contributed by atoms with Gasteiger partial charge in [-0.15, -0.1) is 11.3 Å². The summed E-state index contributed by atoms with van der Waals surface area (Å²) in [5.41, 5.74) is 1.12. The number of benzene rings is 1. The number of nitrogens with zero attached hydrogens (tertiary/aromatic N) is 3. The van der Waals surface area contributed by atoms with Crippen LogP contribution >= 0.6 is 11.3 Å². The van der Waals surface area contributed by atoms with Crippen molar-refractivity contribution in [2.45, 2.75) is 26.7 Å². The van der Waals surface area contributed by atoms with Crippen LogP contribution in [0.4, 0.5) is 11.4 Å². The van der Waals surface area contributed by atoms with Gasteiger partial charge in [0, 0.05) is 35.8 Å². The Morgan fingerprint density at radius 1 is 1.14 bits per heavy atom. The average molecular weight is 396 g/mol. The molecule has 0 radical (unpaired) electrons. The molecule has 0 bridgehead atoms. The Morgan fingerprint density at radius 3 is 2.54 bits per heavy atom. The molecule has 1 N–H and O–H groups in total. The number of carbonyl (C=O) groups is 3. The monoisotopic (exact) mass is 396 g/mol. The summed E-state index contributed by atoms with van der Waals surface area (Å²) in [5.74, 6) is -1.04. The highest BCUT2D eigenvalue weighted by atomic mass is 32.1. The molecule has 142 valence electrons. The molecule has 0 saturated carbocycles. The zero-order valence-electron chi connectivity index (χ0n) is 15.2. The number of amides is 3. The molecule has 1 fully saturated rings. The van der Waals surface area contributed by atoms with Gasteiger partial charge in [-0.2, -0.15) is 0 Å². The Hall–Kier alpha value is -3.33. The second-order valence-corrected chi connectivity index (χ2v) is 7.76. The number of aromatic nitrogens is 2. The van der Waals surface area contributed by atoms with Gasteiger partial charge in [-0.05, 0) is 37.6 Å². The third kappa shape index (κ3) is 2.99. The maximum Gasteiger partial charge on any atom is 0.271 e. The zero-order valence-corrected chi connectivity index (χ0v) is 16.0. The van der Waals surface area contributed by atoms with Crippen molar-refractivity contribution in [3.05, 3.63) is 57.0 Å². The van der Waals surface area contributed by atoms with Crippen molar-refractivity contribution in [3.63, 3.8) is 0 Å². The zero-order chi connectivity index (χ0) is 20.0. The number of rotatable bonds is 3. The van der Waals surface area contributed by atoms with E-state index in [-0.39, 0.29) is 30.2 Å². The van der Waals surface area contributed by atoms with E-state index in [1.807, 2.05) is 6.92 Å². The molecule has 1 aromatic carbocycles. The van der Waals surface area contributed by atoms with Crippen LogP contribution in [-0.4, -0.2) is 27.1 Å². The minimum absolute atomic E-state index is 0.0677. The number of thiazole rings is 1. The minimum atomic E-state index is -0.573. The Labute approximate surface area is 163 Å². The molecule has 8 nitrogen and oxygen atoms in total. The smallest absolute Gasteiger partial charge is 0.271 e. The van der Waals surface area contributed by atoms with Crippen LogP contribution in [0.3, 0.4) is 0 Å². The van der Waals surface area contributed by atoms with Gasteiger partial charge in [0.25, 0.3) is 11.5 Å². The minimum Gasteiger partial charge on any atom is -0.322 e. The lowest BCUT2D eigenvalue weighted by molar-refractivity contribution is -0.121. The van der Waals surface area contributed by atoms with E-state index in [2.05, 4.69) is 10.3 Å². The standard InChI is InChI=1S/C19H16N4O4S/c1-10-7-12(3-4-14(10)23-15(24)5-6-16(23)25)21-17(26)13-8-20-19-22(18(13)27)9-11(2)28-19/h3-4,7-9H,5-6H2,1-2H3,(H,21,26). The summed E-state index contributed by atoms with van der Waals surface area (Å²) in [4.78, 5) is 55.7. The highest BCUT2D eigenvalue weighted by Gasteiger charge is 2.31. The van der Waals surface area contributed by atoms with Crippen LogP contribution in [0.2, 0.25) is 0 Å². The third-order valence-electron chi connectivity index (χ3n) is 4.51. The highest BCUT2D eigenvalue weighted by molar-refractivity contribution is 7.16. The first-order valence-corrected chi connectivity index (χ1v) is 9.42. The average Bonchev–Trinajstić information content (AvgIpc) is 3.18. The Balaban J connectivity index is 1.61. The van der Waals surface area contributed by atoms with E-state index < -0.39 is 11.5 Å².